The number of pyridine rings is 1. The monoisotopic (exact) mass is 610 g/mol. The number of hydrogen-bond donors (Lipinski definition) is 2. The molecule has 3 heterocycles. The largest absolute Gasteiger partial charge is 0.392 e. The molecule has 7 rings (SSSR count). The molecule has 8 heteroatoms. The van der Waals surface area contributed by atoms with Crippen LogP contribution < -0.4 is 5.32 Å². The maximum atomic E-state index is 12.5. The van der Waals surface area contributed by atoms with Crippen molar-refractivity contribution in [1.29, 1.82) is 0 Å². The van der Waals surface area contributed by atoms with Crippen LogP contribution >= 0.6 is 0 Å². The normalized spacial score (nSPS) is 18.0. The third-order valence-corrected chi connectivity index (χ3v) is 8.36. The first-order chi connectivity index (χ1) is 22.6. The van der Waals surface area contributed by atoms with Crippen LogP contribution in [0.4, 0.5) is 0 Å². The molecule has 2 N–H and O–H groups in total. The van der Waals surface area contributed by atoms with E-state index in [0.717, 1.165) is 44.4 Å². The number of ether oxygens (including phenoxy) is 2. The van der Waals surface area contributed by atoms with E-state index in [4.69, 9.17) is 9.47 Å². The quantitative estimate of drug-likeness (QED) is 0.188. The predicted molar refractivity (Wildman–Crippen MR) is 175 cm³/mol. The van der Waals surface area contributed by atoms with Crippen LogP contribution in [0.3, 0.4) is 0 Å². The van der Waals surface area contributed by atoms with Gasteiger partial charge in [0.25, 0.3) is 5.91 Å². The summed E-state index contributed by atoms with van der Waals surface area (Å²) in [5.41, 5.74) is 8.52. The molecule has 1 aliphatic heterocycles. The Morgan fingerprint density at radius 2 is 1.67 bits per heavy atom. The second-order valence-corrected chi connectivity index (χ2v) is 11.5. The van der Waals surface area contributed by atoms with Crippen molar-refractivity contribution in [2.24, 2.45) is 0 Å². The first kappa shape index (κ1) is 29.6. The van der Waals surface area contributed by atoms with Crippen LogP contribution in [0.1, 0.15) is 51.4 Å². The molecule has 4 aromatic carbocycles. The maximum Gasteiger partial charge on any atom is 0.253 e. The van der Waals surface area contributed by atoms with Crippen LogP contribution in [0, 0.1) is 0 Å². The molecule has 6 aromatic rings. The van der Waals surface area contributed by atoms with E-state index in [1.807, 2.05) is 60.9 Å². The number of benzene rings is 4. The summed E-state index contributed by atoms with van der Waals surface area (Å²) in [6.45, 7) is 1.06. The summed E-state index contributed by atoms with van der Waals surface area (Å²) in [4.78, 5) is 21.1. The van der Waals surface area contributed by atoms with Crippen molar-refractivity contribution < 1.29 is 19.4 Å². The number of carbonyl (C=O) groups is 1. The van der Waals surface area contributed by atoms with Gasteiger partial charge in [-0.15, -0.1) is 0 Å². The first-order valence-electron chi connectivity index (χ1n) is 15.4. The second kappa shape index (κ2) is 13.5. The van der Waals surface area contributed by atoms with Crippen molar-refractivity contribution in [2.75, 3.05) is 0 Å². The van der Waals surface area contributed by atoms with Gasteiger partial charge in [-0.05, 0) is 58.1 Å². The number of para-hydroxylation sites is 2. The van der Waals surface area contributed by atoms with Gasteiger partial charge in [0.1, 0.15) is 0 Å². The van der Waals surface area contributed by atoms with Crippen molar-refractivity contribution >= 4 is 16.9 Å². The summed E-state index contributed by atoms with van der Waals surface area (Å²) in [7, 11) is 0. The molecule has 0 aliphatic carbocycles. The zero-order valence-corrected chi connectivity index (χ0v) is 25.2. The van der Waals surface area contributed by atoms with Gasteiger partial charge >= 0.3 is 0 Å². The third-order valence-electron chi connectivity index (χ3n) is 8.36. The lowest BCUT2D eigenvalue weighted by atomic mass is 9.99. The number of aromatic nitrogens is 3. The summed E-state index contributed by atoms with van der Waals surface area (Å²) in [6, 6.07) is 35.9. The summed E-state index contributed by atoms with van der Waals surface area (Å²) in [5.74, 6) is -0.155. The smallest absolute Gasteiger partial charge is 0.253 e. The fourth-order valence-corrected chi connectivity index (χ4v) is 5.88. The van der Waals surface area contributed by atoms with Crippen molar-refractivity contribution in [3.63, 3.8) is 0 Å². The van der Waals surface area contributed by atoms with E-state index in [9.17, 15) is 9.90 Å². The fraction of sp³-hybridized carbons (Fsp3) is 0.184. The molecule has 3 atom stereocenters. The number of nitrogens with one attached hydrogen (secondary N) is 1. The minimum atomic E-state index is -0.556. The van der Waals surface area contributed by atoms with Gasteiger partial charge in [-0.3, -0.25) is 9.78 Å². The Bertz CT molecular complexity index is 1920. The molecule has 2 aromatic heterocycles. The highest BCUT2D eigenvalue weighted by Gasteiger charge is 2.32. The van der Waals surface area contributed by atoms with Gasteiger partial charge in [0.2, 0.25) is 0 Å². The Balaban J connectivity index is 1.09. The SMILES string of the molecule is O=C(NCc1cccc(-c2ccc(C3OC(Cn4cnc5ccccc54)CC(c4ccc(CO)cc4)O3)cc2)c1)c1cccnc1. The minimum Gasteiger partial charge on any atom is -0.392 e. The number of imidazole rings is 1. The molecule has 230 valence electrons. The molecule has 1 saturated heterocycles. The molecule has 3 unspecified atom stereocenters. The highest BCUT2D eigenvalue weighted by molar-refractivity contribution is 5.93. The molecule has 46 heavy (non-hydrogen) atoms. The summed E-state index contributed by atoms with van der Waals surface area (Å²) in [6.07, 6.45) is 4.92. The molecule has 0 spiro atoms. The van der Waals surface area contributed by atoms with Crippen LogP contribution in [0.15, 0.2) is 128 Å². The lowest BCUT2D eigenvalue weighted by molar-refractivity contribution is -0.252. The van der Waals surface area contributed by atoms with Gasteiger partial charge in [0.05, 0.1) is 48.3 Å². The number of aliphatic hydroxyl groups is 1. The van der Waals surface area contributed by atoms with Crippen molar-refractivity contribution in [3.05, 3.63) is 156 Å². The average molecular weight is 611 g/mol. The van der Waals surface area contributed by atoms with E-state index >= 15 is 0 Å². The van der Waals surface area contributed by atoms with Crippen LogP contribution in [0.2, 0.25) is 0 Å². The van der Waals surface area contributed by atoms with E-state index in [1.54, 1.807) is 24.5 Å². The van der Waals surface area contributed by atoms with Gasteiger partial charge in [-0.25, -0.2) is 4.98 Å². The third kappa shape index (κ3) is 6.60. The van der Waals surface area contributed by atoms with Gasteiger partial charge in [0.15, 0.2) is 6.29 Å². The lowest BCUT2D eigenvalue weighted by Gasteiger charge is -2.36. The van der Waals surface area contributed by atoms with E-state index in [2.05, 4.69) is 62.3 Å². The number of rotatable bonds is 9. The first-order valence-corrected chi connectivity index (χ1v) is 15.4. The van der Waals surface area contributed by atoms with Crippen molar-refractivity contribution in [1.82, 2.24) is 19.9 Å². The van der Waals surface area contributed by atoms with Crippen LogP contribution in [0.5, 0.6) is 0 Å². The molecule has 0 saturated carbocycles. The standard InChI is InChI=1S/C38H34N4O4/c43-24-26-10-12-29(13-11-26)36-20-33(23-42-25-41-34-8-1-2-9-35(34)42)45-38(46-36)30-16-14-28(15-17-30)31-6-3-5-27(19-31)21-40-37(44)32-7-4-18-39-22-32/h1-19,22,25,33,36,38,43H,20-21,23-24H2,(H,40,44). The second-order valence-electron chi connectivity index (χ2n) is 11.5. The molecule has 1 aliphatic rings. The van der Waals surface area contributed by atoms with E-state index in [1.165, 1.54) is 0 Å². The Hall–Kier alpha value is -5.15. The van der Waals surface area contributed by atoms with Gasteiger partial charge in [-0.1, -0.05) is 78.9 Å². The zero-order chi connectivity index (χ0) is 31.3. The van der Waals surface area contributed by atoms with Gasteiger partial charge in [-0.2, -0.15) is 0 Å². The average Bonchev–Trinajstić information content (AvgIpc) is 3.53. The minimum absolute atomic E-state index is 0.00314. The van der Waals surface area contributed by atoms with E-state index < -0.39 is 6.29 Å². The van der Waals surface area contributed by atoms with Crippen molar-refractivity contribution in [3.8, 4) is 11.1 Å². The fourth-order valence-electron chi connectivity index (χ4n) is 5.88. The number of carbonyl (C=O) groups excluding carboxylic acids is 1. The number of hydrogen-bond acceptors (Lipinski definition) is 6. The van der Waals surface area contributed by atoms with E-state index in [-0.39, 0.29) is 24.7 Å². The summed E-state index contributed by atoms with van der Waals surface area (Å²) < 4.78 is 15.3. The summed E-state index contributed by atoms with van der Waals surface area (Å²) in [5, 5.41) is 12.5. The molecule has 0 bridgehead atoms. The Morgan fingerprint density at radius 3 is 2.48 bits per heavy atom. The van der Waals surface area contributed by atoms with Crippen LogP contribution in [0.25, 0.3) is 22.2 Å². The highest BCUT2D eigenvalue weighted by atomic mass is 16.7. The lowest BCUT2D eigenvalue weighted by Crippen LogP contribution is -2.32. The topological polar surface area (TPSA) is 98.5 Å². The number of aliphatic hydroxyl groups excluding tert-OH is 1. The Kier molecular flexibility index (Phi) is 8.65. The van der Waals surface area contributed by atoms with Crippen LogP contribution in [-0.4, -0.2) is 31.7 Å². The highest BCUT2D eigenvalue weighted by Crippen LogP contribution is 2.39. The predicted octanol–water partition coefficient (Wildman–Crippen LogP) is 6.77. The number of fused-ring (bicyclic) bond motifs is 1. The van der Waals surface area contributed by atoms with E-state index in [0.29, 0.717) is 25.1 Å². The molecular weight excluding hydrogens is 576 g/mol. The van der Waals surface area contributed by atoms with Crippen molar-refractivity contribution in [2.45, 2.75) is 44.6 Å². The number of amides is 1. The van der Waals surface area contributed by atoms with Gasteiger partial charge < -0.3 is 24.5 Å². The Morgan fingerprint density at radius 1 is 0.848 bits per heavy atom. The molecule has 0 radical (unpaired) electrons. The summed E-state index contributed by atoms with van der Waals surface area (Å²) >= 11 is 0. The molecule has 1 fully saturated rings. The molecule has 8 nitrogen and oxygen atoms in total. The van der Waals surface area contributed by atoms with Gasteiger partial charge in [0, 0.05) is 30.9 Å². The Labute approximate surface area is 267 Å². The zero-order valence-electron chi connectivity index (χ0n) is 25.2. The number of nitrogens with zero attached hydrogens (tertiary/aromatic N) is 3. The molecule has 1 amide bonds. The maximum absolute atomic E-state index is 12.5. The van der Waals surface area contributed by atoms with Crippen LogP contribution in [-0.2, 0) is 29.2 Å². The molecular formula is C38H34N4O4.